The van der Waals surface area contributed by atoms with E-state index in [1.54, 1.807) is 14.0 Å². The second-order valence-electron chi connectivity index (χ2n) is 5.36. The molecule has 1 N–H and O–H groups in total. The Morgan fingerprint density at radius 3 is 2.31 bits per heavy atom. The topological polar surface area (TPSA) is 49.8 Å². The van der Waals surface area contributed by atoms with Gasteiger partial charge >= 0.3 is 5.97 Å². The van der Waals surface area contributed by atoms with Crippen LogP contribution in [0.4, 0.5) is 0 Å². The van der Waals surface area contributed by atoms with Gasteiger partial charge in [0.15, 0.2) is 0 Å². The van der Waals surface area contributed by atoms with Crippen LogP contribution in [-0.4, -0.2) is 48.3 Å². The molecule has 0 spiro atoms. The molecule has 4 nitrogen and oxygen atoms in total. The molecule has 1 aliphatic rings. The van der Waals surface area contributed by atoms with Crippen LogP contribution in [0.2, 0.25) is 0 Å². The molecule has 4 heteroatoms. The van der Waals surface area contributed by atoms with E-state index in [2.05, 4.69) is 18.7 Å². The predicted octanol–water partition coefficient (Wildman–Crippen LogP) is 1.45. The van der Waals surface area contributed by atoms with Gasteiger partial charge in [-0.3, -0.25) is 9.69 Å². The Kier molecular flexibility index (Phi) is 4.33. The summed E-state index contributed by atoms with van der Waals surface area (Å²) in [5.41, 5.74) is -0.891. The van der Waals surface area contributed by atoms with Crippen LogP contribution >= 0.6 is 0 Å². The molecule has 16 heavy (non-hydrogen) atoms. The van der Waals surface area contributed by atoms with Gasteiger partial charge in [0, 0.05) is 20.2 Å². The number of ether oxygens (including phenoxy) is 1. The average molecular weight is 229 g/mol. The van der Waals surface area contributed by atoms with E-state index in [4.69, 9.17) is 4.74 Å². The second-order valence-corrected chi connectivity index (χ2v) is 5.36. The van der Waals surface area contributed by atoms with E-state index in [-0.39, 0.29) is 6.61 Å². The molecular formula is C12H23NO3. The van der Waals surface area contributed by atoms with Crippen molar-refractivity contribution < 1.29 is 14.6 Å². The second kappa shape index (κ2) is 5.15. The minimum atomic E-state index is -0.891. The maximum absolute atomic E-state index is 11.4. The number of hydrogen-bond donors (Lipinski definition) is 1. The molecule has 1 aliphatic heterocycles. The molecule has 1 rings (SSSR count). The fraction of sp³-hybridized carbons (Fsp3) is 0.917. The molecule has 0 aliphatic carbocycles. The number of hydrogen-bond acceptors (Lipinski definition) is 3. The van der Waals surface area contributed by atoms with Crippen LogP contribution in [0.3, 0.4) is 0 Å². The third-order valence-electron chi connectivity index (χ3n) is 3.45. The molecule has 0 aromatic rings. The number of rotatable bonds is 4. The summed E-state index contributed by atoms with van der Waals surface area (Å²) in [6, 6.07) is 0. The highest BCUT2D eigenvalue weighted by Crippen LogP contribution is 2.27. The molecule has 1 fully saturated rings. The normalized spacial score (nSPS) is 31.0. The molecule has 0 saturated carbocycles. The molecule has 0 radical (unpaired) electrons. The van der Waals surface area contributed by atoms with E-state index in [0.29, 0.717) is 11.8 Å². The highest BCUT2D eigenvalue weighted by Gasteiger charge is 2.42. The maximum atomic E-state index is 11.4. The lowest BCUT2D eigenvalue weighted by Crippen LogP contribution is -2.59. The Morgan fingerprint density at radius 2 is 1.94 bits per heavy atom. The van der Waals surface area contributed by atoms with Gasteiger partial charge in [-0.15, -0.1) is 0 Å². The summed E-state index contributed by atoms with van der Waals surface area (Å²) in [6.45, 7) is 8.04. The van der Waals surface area contributed by atoms with E-state index in [9.17, 15) is 9.90 Å². The van der Waals surface area contributed by atoms with E-state index in [1.165, 1.54) is 6.42 Å². The smallest absolute Gasteiger partial charge is 0.326 e. The summed E-state index contributed by atoms with van der Waals surface area (Å²) in [6.07, 6.45) is 1.18. The SMILES string of the molecule is COCC(C)(C(=O)O)N1CC(C)CC(C)C1. The quantitative estimate of drug-likeness (QED) is 0.793. The highest BCUT2D eigenvalue weighted by molar-refractivity contribution is 5.78. The molecule has 1 heterocycles. The van der Waals surface area contributed by atoms with Gasteiger partial charge in [0.25, 0.3) is 0 Å². The van der Waals surface area contributed by atoms with E-state index in [0.717, 1.165) is 13.1 Å². The monoisotopic (exact) mass is 229 g/mol. The molecule has 0 aromatic carbocycles. The van der Waals surface area contributed by atoms with Crippen molar-refractivity contribution in [2.75, 3.05) is 26.8 Å². The van der Waals surface area contributed by atoms with Crippen molar-refractivity contribution in [2.24, 2.45) is 11.8 Å². The summed E-state index contributed by atoms with van der Waals surface area (Å²) in [5.74, 6) is 0.314. The van der Waals surface area contributed by atoms with Crippen molar-refractivity contribution in [2.45, 2.75) is 32.7 Å². The predicted molar refractivity (Wildman–Crippen MR) is 62.4 cm³/mol. The van der Waals surface area contributed by atoms with Gasteiger partial charge < -0.3 is 9.84 Å². The molecule has 0 aromatic heterocycles. The number of piperidine rings is 1. The van der Waals surface area contributed by atoms with Gasteiger partial charge in [-0.05, 0) is 25.2 Å². The van der Waals surface area contributed by atoms with Crippen LogP contribution in [0.1, 0.15) is 27.2 Å². The molecule has 0 amide bonds. The lowest BCUT2D eigenvalue weighted by Gasteiger charge is -2.44. The van der Waals surface area contributed by atoms with Crippen LogP contribution in [0.15, 0.2) is 0 Å². The van der Waals surface area contributed by atoms with Crippen molar-refractivity contribution in [1.82, 2.24) is 4.90 Å². The van der Waals surface area contributed by atoms with Crippen molar-refractivity contribution in [3.8, 4) is 0 Å². The summed E-state index contributed by atoms with van der Waals surface area (Å²) in [5, 5.41) is 9.37. The van der Waals surface area contributed by atoms with E-state index >= 15 is 0 Å². The number of likely N-dealkylation sites (tertiary alicyclic amines) is 1. The van der Waals surface area contributed by atoms with Crippen LogP contribution in [0.5, 0.6) is 0 Å². The first-order chi connectivity index (χ1) is 7.40. The number of carboxylic acids is 1. The maximum Gasteiger partial charge on any atom is 0.326 e. The number of methoxy groups -OCH3 is 1. The third kappa shape index (κ3) is 2.74. The third-order valence-corrected chi connectivity index (χ3v) is 3.45. The minimum Gasteiger partial charge on any atom is -0.480 e. The average Bonchev–Trinajstić information content (AvgIpc) is 2.16. The zero-order valence-corrected chi connectivity index (χ0v) is 10.7. The molecular weight excluding hydrogens is 206 g/mol. The van der Waals surface area contributed by atoms with Crippen LogP contribution < -0.4 is 0 Å². The Hall–Kier alpha value is -0.610. The fourth-order valence-corrected chi connectivity index (χ4v) is 2.64. The van der Waals surface area contributed by atoms with Gasteiger partial charge in [-0.2, -0.15) is 0 Å². The Balaban J connectivity index is 2.81. The van der Waals surface area contributed by atoms with Crippen LogP contribution in [0.25, 0.3) is 0 Å². The van der Waals surface area contributed by atoms with E-state index < -0.39 is 11.5 Å². The standard InChI is InChI=1S/C12H23NO3/c1-9-5-10(2)7-13(6-9)12(3,8-16-4)11(14)15/h9-10H,5-8H2,1-4H3,(H,14,15). The lowest BCUT2D eigenvalue weighted by molar-refractivity contribution is -0.156. The van der Waals surface area contributed by atoms with E-state index in [1.807, 2.05) is 0 Å². The van der Waals surface area contributed by atoms with Gasteiger partial charge in [0.2, 0.25) is 0 Å². The summed E-state index contributed by atoms with van der Waals surface area (Å²) >= 11 is 0. The first-order valence-electron chi connectivity index (χ1n) is 5.87. The zero-order chi connectivity index (χ0) is 12.3. The molecule has 94 valence electrons. The number of carboxylic acid groups (broad SMARTS) is 1. The molecule has 0 bridgehead atoms. The van der Waals surface area contributed by atoms with Gasteiger partial charge in [0.1, 0.15) is 5.54 Å². The van der Waals surface area contributed by atoms with Crippen molar-refractivity contribution in [1.29, 1.82) is 0 Å². The first-order valence-corrected chi connectivity index (χ1v) is 5.87. The van der Waals surface area contributed by atoms with Crippen molar-refractivity contribution in [3.05, 3.63) is 0 Å². The van der Waals surface area contributed by atoms with Crippen LogP contribution in [0, 0.1) is 11.8 Å². The minimum absolute atomic E-state index is 0.238. The van der Waals surface area contributed by atoms with Gasteiger partial charge in [-0.25, -0.2) is 0 Å². The largest absolute Gasteiger partial charge is 0.480 e. The number of aliphatic carboxylic acids is 1. The van der Waals surface area contributed by atoms with Gasteiger partial charge in [-0.1, -0.05) is 13.8 Å². The number of carbonyl (C=O) groups is 1. The summed E-state index contributed by atoms with van der Waals surface area (Å²) in [7, 11) is 1.55. The fourth-order valence-electron chi connectivity index (χ4n) is 2.64. The van der Waals surface area contributed by atoms with Crippen molar-refractivity contribution in [3.63, 3.8) is 0 Å². The Morgan fingerprint density at radius 1 is 1.44 bits per heavy atom. The molecule has 3 atom stereocenters. The summed E-state index contributed by atoms with van der Waals surface area (Å²) in [4.78, 5) is 13.5. The number of nitrogens with zero attached hydrogens (tertiary/aromatic N) is 1. The van der Waals surface area contributed by atoms with Crippen LogP contribution in [-0.2, 0) is 9.53 Å². The Bertz CT molecular complexity index is 247. The lowest BCUT2D eigenvalue weighted by atomic mass is 9.87. The van der Waals surface area contributed by atoms with Crippen molar-refractivity contribution >= 4 is 5.97 Å². The molecule has 3 unspecified atom stereocenters. The highest BCUT2D eigenvalue weighted by atomic mass is 16.5. The first kappa shape index (κ1) is 13.5. The Labute approximate surface area is 97.6 Å². The zero-order valence-electron chi connectivity index (χ0n) is 10.7. The summed E-state index contributed by atoms with van der Waals surface area (Å²) < 4.78 is 5.07. The van der Waals surface area contributed by atoms with Gasteiger partial charge in [0.05, 0.1) is 6.61 Å². The molecule has 1 saturated heterocycles.